The number of alkyl halides is 1. The van der Waals surface area contributed by atoms with Crippen molar-refractivity contribution in [3.05, 3.63) is 58.9 Å². The molecule has 0 unspecified atom stereocenters. The minimum Gasteiger partial charge on any atom is -0.493 e. The Morgan fingerprint density at radius 1 is 1.10 bits per heavy atom. The van der Waals surface area contributed by atoms with E-state index in [4.69, 9.17) is 9.47 Å². The van der Waals surface area contributed by atoms with Crippen molar-refractivity contribution >= 4 is 15.9 Å². The minimum absolute atomic E-state index is 0.254. The molecule has 0 heterocycles. The molecule has 0 spiro atoms. The summed E-state index contributed by atoms with van der Waals surface area (Å²) in [5, 5.41) is 0.742. The Morgan fingerprint density at radius 3 is 2.60 bits per heavy atom. The second-order valence-electron chi connectivity index (χ2n) is 4.48. The molecule has 0 saturated heterocycles. The third-order valence-electron chi connectivity index (χ3n) is 3.08. The fourth-order valence-corrected chi connectivity index (χ4v) is 2.22. The Labute approximate surface area is 126 Å². The molecule has 2 rings (SSSR count). The molecule has 4 heteroatoms. The number of benzene rings is 2. The lowest BCUT2D eigenvalue weighted by atomic mass is 10.1. The maximum absolute atomic E-state index is 13.3. The lowest BCUT2D eigenvalue weighted by molar-refractivity contribution is 0.283. The van der Waals surface area contributed by atoms with Gasteiger partial charge in [-0.1, -0.05) is 28.1 Å². The van der Waals surface area contributed by atoms with Crippen molar-refractivity contribution in [1.29, 1.82) is 0 Å². The molecule has 2 aromatic carbocycles. The van der Waals surface area contributed by atoms with Crippen LogP contribution in [-0.4, -0.2) is 7.11 Å². The molecule has 0 atom stereocenters. The van der Waals surface area contributed by atoms with Crippen LogP contribution in [-0.2, 0) is 11.9 Å². The zero-order chi connectivity index (χ0) is 14.5. The predicted molar refractivity (Wildman–Crippen MR) is 81.1 cm³/mol. The number of ether oxygens (including phenoxy) is 2. The summed E-state index contributed by atoms with van der Waals surface area (Å²) in [4.78, 5) is 0. The third-order valence-corrected chi connectivity index (χ3v) is 3.72. The normalized spacial score (nSPS) is 10.4. The molecular weight excluding hydrogens is 323 g/mol. The number of methoxy groups -OCH3 is 1. The Hall–Kier alpha value is -1.55. The van der Waals surface area contributed by atoms with E-state index in [9.17, 15) is 4.39 Å². The maximum atomic E-state index is 13.3. The van der Waals surface area contributed by atoms with Crippen LogP contribution in [0.25, 0.3) is 0 Å². The van der Waals surface area contributed by atoms with E-state index in [1.165, 1.54) is 12.1 Å². The molecule has 20 heavy (non-hydrogen) atoms. The van der Waals surface area contributed by atoms with Gasteiger partial charge in [0.25, 0.3) is 0 Å². The molecule has 0 aliphatic heterocycles. The van der Waals surface area contributed by atoms with Crippen molar-refractivity contribution < 1.29 is 13.9 Å². The van der Waals surface area contributed by atoms with Crippen LogP contribution in [0.3, 0.4) is 0 Å². The number of halogens is 2. The summed E-state index contributed by atoms with van der Waals surface area (Å²) in [7, 11) is 1.60. The van der Waals surface area contributed by atoms with Crippen molar-refractivity contribution in [3.63, 3.8) is 0 Å². The van der Waals surface area contributed by atoms with Gasteiger partial charge in [-0.2, -0.15) is 0 Å². The number of hydrogen-bond donors (Lipinski definition) is 0. The average Bonchev–Trinajstić information content (AvgIpc) is 2.47. The van der Waals surface area contributed by atoms with Gasteiger partial charge in [-0.15, -0.1) is 0 Å². The van der Waals surface area contributed by atoms with Crippen LogP contribution >= 0.6 is 15.9 Å². The summed E-state index contributed by atoms with van der Waals surface area (Å²) in [6.07, 6.45) is 0. The standard InChI is InChI=1S/C16H16BrFO2/c1-11-3-5-14(18)8-13(11)10-20-16-7-12(9-17)4-6-15(16)19-2/h3-8H,9-10H2,1-2H3. The summed E-state index contributed by atoms with van der Waals surface area (Å²) < 4.78 is 24.3. The van der Waals surface area contributed by atoms with E-state index in [0.717, 1.165) is 22.0 Å². The van der Waals surface area contributed by atoms with E-state index < -0.39 is 0 Å². The smallest absolute Gasteiger partial charge is 0.161 e. The summed E-state index contributed by atoms with van der Waals surface area (Å²) in [6, 6.07) is 10.4. The highest BCUT2D eigenvalue weighted by atomic mass is 79.9. The monoisotopic (exact) mass is 338 g/mol. The number of rotatable bonds is 5. The highest BCUT2D eigenvalue weighted by molar-refractivity contribution is 9.08. The quantitative estimate of drug-likeness (QED) is 0.741. The van der Waals surface area contributed by atoms with E-state index in [2.05, 4.69) is 15.9 Å². The van der Waals surface area contributed by atoms with Gasteiger partial charge in [-0.05, 0) is 47.9 Å². The number of hydrogen-bond acceptors (Lipinski definition) is 2. The molecular formula is C16H16BrFO2. The molecule has 0 bridgehead atoms. The molecule has 0 aliphatic carbocycles. The van der Waals surface area contributed by atoms with Gasteiger partial charge in [-0.25, -0.2) is 4.39 Å². The van der Waals surface area contributed by atoms with Gasteiger partial charge in [-0.3, -0.25) is 0 Å². The van der Waals surface area contributed by atoms with Gasteiger partial charge in [0.1, 0.15) is 12.4 Å². The summed E-state index contributed by atoms with van der Waals surface area (Å²) in [6.45, 7) is 2.25. The fraction of sp³-hybridized carbons (Fsp3) is 0.250. The van der Waals surface area contributed by atoms with E-state index >= 15 is 0 Å². The molecule has 0 amide bonds. The Morgan fingerprint density at radius 2 is 1.90 bits per heavy atom. The first-order valence-electron chi connectivity index (χ1n) is 6.24. The van der Waals surface area contributed by atoms with Crippen molar-refractivity contribution in [2.45, 2.75) is 18.9 Å². The minimum atomic E-state index is -0.254. The second kappa shape index (κ2) is 6.75. The highest BCUT2D eigenvalue weighted by Gasteiger charge is 2.07. The van der Waals surface area contributed by atoms with Gasteiger partial charge in [0, 0.05) is 5.33 Å². The third kappa shape index (κ3) is 3.51. The van der Waals surface area contributed by atoms with Crippen LogP contribution in [0.1, 0.15) is 16.7 Å². The molecule has 0 fully saturated rings. The lowest BCUT2D eigenvalue weighted by Gasteiger charge is -2.13. The Bertz CT molecular complexity index is 599. The van der Waals surface area contributed by atoms with Crippen LogP contribution < -0.4 is 9.47 Å². The molecule has 2 nitrogen and oxygen atoms in total. The molecule has 0 radical (unpaired) electrons. The number of aryl methyl sites for hydroxylation is 1. The molecule has 0 N–H and O–H groups in total. The van der Waals surface area contributed by atoms with E-state index in [1.807, 2.05) is 25.1 Å². The van der Waals surface area contributed by atoms with Crippen molar-refractivity contribution in [3.8, 4) is 11.5 Å². The van der Waals surface area contributed by atoms with E-state index in [0.29, 0.717) is 18.1 Å². The van der Waals surface area contributed by atoms with Crippen molar-refractivity contribution in [1.82, 2.24) is 0 Å². The molecule has 2 aromatic rings. The van der Waals surface area contributed by atoms with Crippen LogP contribution in [0.2, 0.25) is 0 Å². The molecule has 0 saturated carbocycles. The SMILES string of the molecule is COc1ccc(CBr)cc1OCc1cc(F)ccc1C. The van der Waals surface area contributed by atoms with Crippen LogP contribution in [0.4, 0.5) is 4.39 Å². The second-order valence-corrected chi connectivity index (χ2v) is 5.04. The zero-order valence-corrected chi connectivity index (χ0v) is 13.0. The summed E-state index contributed by atoms with van der Waals surface area (Å²) in [5.41, 5.74) is 2.93. The molecule has 0 aliphatic rings. The Kier molecular flexibility index (Phi) is 5.01. The van der Waals surface area contributed by atoms with E-state index in [-0.39, 0.29) is 5.82 Å². The average molecular weight is 339 g/mol. The van der Waals surface area contributed by atoms with Gasteiger partial charge in [0.15, 0.2) is 11.5 Å². The van der Waals surface area contributed by atoms with Crippen LogP contribution in [0.5, 0.6) is 11.5 Å². The topological polar surface area (TPSA) is 18.5 Å². The van der Waals surface area contributed by atoms with Gasteiger partial charge < -0.3 is 9.47 Å². The summed E-state index contributed by atoms with van der Waals surface area (Å²) >= 11 is 3.41. The van der Waals surface area contributed by atoms with Gasteiger partial charge in [0.2, 0.25) is 0 Å². The maximum Gasteiger partial charge on any atom is 0.161 e. The predicted octanol–water partition coefficient (Wildman–Crippen LogP) is 4.62. The van der Waals surface area contributed by atoms with Crippen LogP contribution in [0.15, 0.2) is 36.4 Å². The summed E-state index contributed by atoms with van der Waals surface area (Å²) in [5.74, 6) is 1.08. The van der Waals surface area contributed by atoms with Crippen LogP contribution in [0, 0.1) is 12.7 Å². The van der Waals surface area contributed by atoms with Crippen molar-refractivity contribution in [2.75, 3.05) is 7.11 Å². The fourth-order valence-electron chi connectivity index (χ4n) is 1.87. The first-order chi connectivity index (χ1) is 9.63. The first kappa shape index (κ1) is 14.9. The van der Waals surface area contributed by atoms with Gasteiger partial charge >= 0.3 is 0 Å². The first-order valence-corrected chi connectivity index (χ1v) is 7.37. The largest absolute Gasteiger partial charge is 0.493 e. The lowest BCUT2D eigenvalue weighted by Crippen LogP contribution is -2.00. The molecule has 106 valence electrons. The van der Waals surface area contributed by atoms with E-state index in [1.54, 1.807) is 13.2 Å². The Balaban J connectivity index is 2.19. The van der Waals surface area contributed by atoms with Crippen molar-refractivity contribution in [2.24, 2.45) is 0 Å². The van der Waals surface area contributed by atoms with Gasteiger partial charge in [0.05, 0.1) is 7.11 Å². The highest BCUT2D eigenvalue weighted by Crippen LogP contribution is 2.29. The zero-order valence-electron chi connectivity index (χ0n) is 11.5. The molecule has 0 aromatic heterocycles.